The maximum atomic E-state index is 12.0. The highest BCUT2D eigenvalue weighted by atomic mass is 32.1. The molecule has 132 valence electrons. The van der Waals surface area contributed by atoms with Gasteiger partial charge in [-0.3, -0.25) is 14.5 Å². The standard InChI is InChI=1S/C17H26N4O2S/c1-3-8-18-17(23)11-21-9-6-14(7-10-21)20-16(22)5-4-15-12-24-13(2)19-15/h4-5,12,14H,3,6-11H2,1-2H3,(H,18,23)(H,20,22). The predicted octanol–water partition coefficient (Wildman–Crippen LogP) is 1.57. The van der Waals surface area contributed by atoms with E-state index in [4.69, 9.17) is 0 Å². The number of aromatic nitrogens is 1. The van der Waals surface area contributed by atoms with Crippen LogP contribution in [0.15, 0.2) is 11.5 Å². The number of hydrogen-bond acceptors (Lipinski definition) is 5. The van der Waals surface area contributed by atoms with E-state index in [-0.39, 0.29) is 17.9 Å². The molecule has 1 aliphatic heterocycles. The van der Waals surface area contributed by atoms with Gasteiger partial charge in [0.15, 0.2) is 0 Å². The number of likely N-dealkylation sites (tertiary alicyclic amines) is 1. The zero-order valence-electron chi connectivity index (χ0n) is 14.4. The second-order valence-electron chi connectivity index (χ2n) is 6.03. The summed E-state index contributed by atoms with van der Waals surface area (Å²) in [5.41, 5.74) is 0.820. The number of carbonyl (C=O) groups excluding carboxylic acids is 2. The van der Waals surface area contributed by atoms with Gasteiger partial charge in [-0.15, -0.1) is 11.3 Å². The van der Waals surface area contributed by atoms with Gasteiger partial charge in [0.25, 0.3) is 0 Å². The van der Waals surface area contributed by atoms with Crippen molar-refractivity contribution in [2.24, 2.45) is 0 Å². The van der Waals surface area contributed by atoms with Gasteiger partial charge < -0.3 is 10.6 Å². The first-order valence-corrected chi connectivity index (χ1v) is 9.34. The minimum Gasteiger partial charge on any atom is -0.355 e. The van der Waals surface area contributed by atoms with Crippen molar-refractivity contribution in [3.63, 3.8) is 0 Å². The summed E-state index contributed by atoms with van der Waals surface area (Å²) in [4.78, 5) is 30.1. The summed E-state index contributed by atoms with van der Waals surface area (Å²) in [5.74, 6) is 0.000571. The zero-order valence-corrected chi connectivity index (χ0v) is 15.2. The Balaban J connectivity index is 1.68. The molecular formula is C17H26N4O2S. The van der Waals surface area contributed by atoms with Crippen molar-refractivity contribution < 1.29 is 9.59 Å². The average Bonchev–Trinajstić information content (AvgIpc) is 2.98. The molecule has 1 aromatic rings. The number of hydrogen-bond donors (Lipinski definition) is 2. The lowest BCUT2D eigenvalue weighted by Crippen LogP contribution is -2.47. The molecule has 0 aliphatic carbocycles. The second-order valence-corrected chi connectivity index (χ2v) is 7.10. The summed E-state index contributed by atoms with van der Waals surface area (Å²) in [6.45, 7) is 6.83. The molecule has 1 aromatic heterocycles. The Bertz CT molecular complexity index is 577. The van der Waals surface area contributed by atoms with Gasteiger partial charge in [0, 0.05) is 37.1 Å². The van der Waals surface area contributed by atoms with Gasteiger partial charge >= 0.3 is 0 Å². The van der Waals surface area contributed by atoms with Gasteiger partial charge in [-0.2, -0.15) is 0 Å². The number of piperidine rings is 1. The second kappa shape index (κ2) is 9.54. The van der Waals surface area contributed by atoms with Crippen LogP contribution in [0.25, 0.3) is 6.08 Å². The summed E-state index contributed by atoms with van der Waals surface area (Å²) >= 11 is 1.57. The molecule has 2 amide bonds. The highest BCUT2D eigenvalue weighted by Gasteiger charge is 2.21. The first-order valence-electron chi connectivity index (χ1n) is 8.46. The summed E-state index contributed by atoms with van der Waals surface area (Å²) < 4.78 is 0. The molecule has 24 heavy (non-hydrogen) atoms. The minimum atomic E-state index is -0.0835. The normalized spacial score (nSPS) is 16.4. The molecule has 1 fully saturated rings. The Morgan fingerprint density at radius 2 is 2.17 bits per heavy atom. The smallest absolute Gasteiger partial charge is 0.244 e. The van der Waals surface area contributed by atoms with E-state index >= 15 is 0 Å². The number of aryl methyl sites for hydroxylation is 1. The van der Waals surface area contributed by atoms with Crippen LogP contribution < -0.4 is 10.6 Å². The topological polar surface area (TPSA) is 74.3 Å². The molecule has 2 N–H and O–H groups in total. The number of nitrogens with one attached hydrogen (secondary N) is 2. The van der Waals surface area contributed by atoms with Gasteiger partial charge in [-0.1, -0.05) is 6.92 Å². The zero-order chi connectivity index (χ0) is 17.4. The third kappa shape index (κ3) is 6.41. The molecule has 2 rings (SSSR count). The Hall–Kier alpha value is -1.73. The monoisotopic (exact) mass is 350 g/mol. The molecular weight excluding hydrogens is 324 g/mol. The molecule has 2 heterocycles. The lowest BCUT2D eigenvalue weighted by atomic mass is 10.0. The number of carbonyl (C=O) groups is 2. The third-order valence-corrected chi connectivity index (χ3v) is 4.71. The number of thiazole rings is 1. The molecule has 0 atom stereocenters. The Morgan fingerprint density at radius 3 is 2.79 bits per heavy atom. The summed E-state index contributed by atoms with van der Waals surface area (Å²) in [6, 6.07) is 0.175. The fourth-order valence-corrected chi connectivity index (χ4v) is 3.21. The summed E-state index contributed by atoms with van der Waals surface area (Å²) in [5, 5.41) is 8.84. The van der Waals surface area contributed by atoms with E-state index in [1.165, 1.54) is 0 Å². The Labute approximate surface area is 147 Å². The van der Waals surface area contributed by atoms with Crippen molar-refractivity contribution in [1.29, 1.82) is 0 Å². The highest BCUT2D eigenvalue weighted by molar-refractivity contribution is 7.09. The summed E-state index contributed by atoms with van der Waals surface area (Å²) in [6.07, 6.45) is 5.98. The Morgan fingerprint density at radius 1 is 1.42 bits per heavy atom. The van der Waals surface area contributed by atoms with Crippen LogP contribution in [-0.2, 0) is 9.59 Å². The quantitative estimate of drug-likeness (QED) is 0.732. The predicted molar refractivity (Wildman–Crippen MR) is 96.8 cm³/mol. The van der Waals surface area contributed by atoms with Crippen LogP contribution in [-0.4, -0.2) is 53.9 Å². The van der Waals surface area contributed by atoms with Gasteiger partial charge in [-0.25, -0.2) is 4.98 Å². The molecule has 1 saturated heterocycles. The molecule has 0 bridgehead atoms. The van der Waals surface area contributed by atoms with Crippen molar-refractivity contribution in [2.75, 3.05) is 26.2 Å². The number of rotatable bonds is 7. The van der Waals surface area contributed by atoms with E-state index in [2.05, 4.69) is 20.5 Å². The van der Waals surface area contributed by atoms with Crippen molar-refractivity contribution in [1.82, 2.24) is 20.5 Å². The largest absolute Gasteiger partial charge is 0.355 e. The van der Waals surface area contributed by atoms with Crippen LogP contribution in [0, 0.1) is 6.92 Å². The van der Waals surface area contributed by atoms with Crippen molar-refractivity contribution in [3.8, 4) is 0 Å². The van der Waals surface area contributed by atoms with E-state index < -0.39 is 0 Å². The first-order chi connectivity index (χ1) is 11.6. The van der Waals surface area contributed by atoms with Gasteiger partial charge in [0.2, 0.25) is 11.8 Å². The van der Waals surface area contributed by atoms with Crippen LogP contribution in [0.1, 0.15) is 36.9 Å². The maximum absolute atomic E-state index is 12.0. The van der Waals surface area contributed by atoms with E-state index in [1.807, 2.05) is 19.2 Å². The average molecular weight is 350 g/mol. The molecule has 0 spiro atoms. The van der Waals surface area contributed by atoms with E-state index in [9.17, 15) is 9.59 Å². The molecule has 7 heteroatoms. The first kappa shape index (κ1) is 18.6. The SMILES string of the molecule is CCCNC(=O)CN1CCC(NC(=O)C=Cc2csc(C)n2)CC1. The van der Waals surface area contributed by atoms with Crippen LogP contribution in [0.2, 0.25) is 0 Å². The van der Waals surface area contributed by atoms with Gasteiger partial charge in [-0.05, 0) is 32.3 Å². The molecule has 0 saturated carbocycles. The van der Waals surface area contributed by atoms with Crippen LogP contribution in [0.4, 0.5) is 0 Å². The highest BCUT2D eigenvalue weighted by Crippen LogP contribution is 2.11. The maximum Gasteiger partial charge on any atom is 0.244 e. The van der Waals surface area contributed by atoms with Gasteiger partial charge in [0.1, 0.15) is 0 Å². The molecule has 0 unspecified atom stereocenters. The van der Waals surface area contributed by atoms with E-state index in [1.54, 1.807) is 23.5 Å². The van der Waals surface area contributed by atoms with Crippen LogP contribution in [0.3, 0.4) is 0 Å². The van der Waals surface area contributed by atoms with Crippen LogP contribution >= 0.6 is 11.3 Å². The number of amides is 2. The fraction of sp³-hybridized carbons (Fsp3) is 0.588. The Kier molecular flexibility index (Phi) is 7.39. The number of nitrogens with zero attached hydrogens (tertiary/aromatic N) is 2. The summed E-state index contributed by atoms with van der Waals surface area (Å²) in [7, 11) is 0. The third-order valence-electron chi connectivity index (χ3n) is 3.92. The molecule has 0 aromatic carbocycles. The van der Waals surface area contributed by atoms with Crippen LogP contribution in [0.5, 0.6) is 0 Å². The lowest BCUT2D eigenvalue weighted by molar-refractivity contribution is -0.123. The fourth-order valence-electron chi connectivity index (χ4n) is 2.63. The molecule has 1 aliphatic rings. The van der Waals surface area contributed by atoms with E-state index in [0.717, 1.165) is 49.6 Å². The lowest BCUT2D eigenvalue weighted by Gasteiger charge is -2.31. The van der Waals surface area contributed by atoms with Gasteiger partial charge in [0.05, 0.1) is 17.2 Å². The minimum absolute atomic E-state index is 0.0835. The van der Waals surface area contributed by atoms with Crippen molar-refractivity contribution in [2.45, 2.75) is 39.2 Å². The van der Waals surface area contributed by atoms with Crippen molar-refractivity contribution in [3.05, 3.63) is 22.2 Å². The van der Waals surface area contributed by atoms with Crippen molar-refractivity contribution >= 4 is 29.2 Å². The van der Waals surface area contributed by atoms with E-state index in [0.29, 0.717) is 6.54 Å². The molecule has 6 nitrogen and oxygen atoms in total. The molecule has 0 radical (unpaired) electrons.